The van der Waals surface area contributed by atoms with Gasteiger partial charge in [-0.15, -0.1) is 10.2 Å². The van der Waals surface area contributed by atoms with Crippen LogP contribution in [-0.4, -0.2) is 36.4 Å². The van der Waals surface area contributed by atoms with Crippen LogP contribution in [0.3, 0.4) is 0 Å². The first-order valence-electron chi connectivity index (χ1n) is 6.45. The van der Waals surface area contributed by atoms with Crippen molar-refractivity contribution in [3.05, 3.63) is 46.8 Å². The first-order chi connectivity index (χ1) is 11.1. The van der Waals surface area contributed by atoms with Crippen LogP contribution in [0.2, 0.25) is 5.02 Å². The maximum atomic E-state index is 13.1. The second-order valence-corrected chi connectivity index (χ2v) is 4.84. The van der Waals surface area contributed by atoms with Crippen LogP contribution in [0, 0.1) is 5.82 Å². The molecule has 3 aromatic rings. The molecule has 0 unspecified atom stereocenters. The fraction of sp³-hybridized carbons (Fsp3) is 0.167. The molecule has 0 saturated heterocycles. The Morgan fingerprint density at radius 3 is 3.00 bits per heavy atom. The second-order valence-electron chi connectivity index (χ2n) is 4.44. The predicted molar refractivity (Wildman–Crippen MR) is 77.6 cm³/mol. The highest BCUT2D eigenvalue weighted by Crippen LogP contribution is 2.22. The zero-order valence-electron chi connectivity index (χ0n) is 11.6. The molecule has 0 fully saturated rings. The Hall–Kier alpha value is -2.88. The third kappa shape index (κ3) is 3.48. The number of rotatable bonds is 5. The minimum absolute atomic E-state index is 0.0465. The molecule has 0 bridgehead atoms. The Bertz CT molecular complexity index is 831. The number of halogens is 2. The monoisotopic (exact) mass is 336 g/mol. The molecule has 2 N–H and O–H groups in total. The van der Waals surface area contributed by atoms with Crippen molar-refractivity contribution in [1.29, 1.82) is 0 Å². The lowest BCUT2D eigenvalue weighted by atomic mass is 10.2. The maximum Gasteiger partial charge on any atom is 0.173 e. The molecular weight excluding hydrogens is 327 g/mol. The van der Waals surface area contributed by atoms with E-state index in [0.29, 0.717) is 30.0 Å². The lowest BCUT2D eigenvalue weighted by Crippen LogP contribution is -2.17. The number of aliphatic imine (C=N–C) groups is 1. The lowest BCUT2D eigenvalue weighted by Gasteiger charge is -2.01. The van der Waals surface area contributed by atoms with Crippen LogP contribution < -0.4 is 5.73 Å². The Morgan fingerprint density at radius 2 is 2.26 bits per heavy atom. The molecule has 9 nitrogen and oxygen atoms in total. The zero-order chi connectivity index (χ0) is 16.2. The minimum Gasteiger partial charge on any atom is -0.382 e. The minimum atomic E-state index is -0.534. The molecule has 1 aromatic carbocycles. The molecule has 11 heteroatoms. The first-order valence-corrected chi connectivity index (χ1v) is 6.83. The van der Waals surface area contributed by atoms with Gasteiger partial charge in [0.15, 0.2) is 17.9 Å². The number of nitrogens with two attached hydrogens (primary N) is 1. The largest absolute Gasteiger partial charge is 0.382 e. The summed E-state index contributed by atoms with van der Waals surface area (Å²) in [5, 5.41) is 18.7. The standard InChI is InChI=1S/C12H10ClFN8O/c13-8-5-7(1-2-9(8)14)18-12(15)11-10(19-23-20-11)3-4-22-17-6-16-21-22/h1-2,5-6H,3-4H2,(H2,15,18). The second kappa shape index (κ2) is 6.48. The van der Waals surface area contributed by atoms with E-state index >= 15 is 0 Å². The molecule has 3 rings (SSSR count). The van der Waals surface area contributed by atoms with Crippen molar-refractivity contribution in [1.82, 2.24) is 30.5 Å². The molecule has 0 radical (unpaired) electrons. The summed E-state index contributed by atoms with van der Waals surface area (Å²) in [6.07, 6.45) is 1.76. The maximum absolute atomic E-state index is 13.1. The summed E-state index contributed by atoms with van der Waals surface area (Å²) in [4.78, 5) is 5.53. The normalized spacial score (nSPS) is 11.8. The van der Waals surface area contributed by atoms with Crippen LogP contribution >= 0.6 is 11.6 Å². The van der Waals surface area contributed by atoms with E-state index in [0.717, 1.165) is 0 Å². The van der Waals surface area contributed by atoms with Gasteiger partial charge in [0, 0.05) is 6.42 Å². The van der Waals surface area contributed by atoms with E-state index in [2.05, 4.69) is 30.7 Å². The SMILES string of the molecule is NC(=Nc1ccc(F)c(Cl)c1)c1nonc1CCn1ncnn1. The summed E-state index contributed by atoms with van der Waals surface area (Å²) in [7, 11) is 0. The van der Waals surface area contributed by atoms with Crippen molar-refractivity contribution in [2.24, 2.45) is 10.7 Å². The highest BCUT2D eigenvalue weighted by molar-refractivity contribution is 6.31. The average Bonchev–Trinajstić information content (AvgIpc) is 3.19. The van der Waals surface area contributed by atoms with Crippen molar-refractivity contribution < 1.29 is 9.02 Å². The van der Waals surface area contributed by atoms with Gasteiger partial charge in [-0.2, -0.15) is 4.80 Å². The number of nitrogens with zero attached hydrogens (tertiary/aromatic N) is 7. The van der Waals surface area contributed by atoms with E-state index < -0.39 is 5.82 Å². The molecule has 0 aliphatic heterocycles. The van der Waals surface area contributed by atoms with Crippen molar-refractivity contribution in [3.8, 4) is 0 Å². The van der Waals surface area contributed by atoms with Crippen LogP contribution in [-0.2, 0) is 13.0 Å². The molecule has 118 valence electrons. The molecule has 0 atom stereocenters. The van der Waals surface area contributed by atoms with Gasteiger partial charge in [-0.3, -0.25) is 0 Å². The molecule has 0 aliphatic rings. The summed E-state index contributed by atoms with van der Waals surface area (Å²) in [5.41, 5.74) is 7.09. The van der Waals surface area contributed by atoms with Gasteiger partial charge >= 0.3 is 0 Å². The predicted octanol–water partition coefficient (Wildman–Crippen LogP) is 1.13. The molecular formula is C12H10ClFN8O. The van der Waals surface area contributed by atoms with Gasteiger partial charge in [0.1, 0.15) is 11.5 Å². The fourth-order valence-corrected chi connectivity index (χ4v) is 1.98. The number of benzene rings is 1. The van der Waals surface area contributed by atoms with Gasteiger partial charge in [0.25, 0.3) is 0 Å². The molecule has 23 heavy (non-hydrogen) atoms. The van der Waals surface area contributed by atoms with Crippen LogP contribution in [0.1, 0.15) is 11.4 Å². The van der Waals surface area contributed by atoms with E-state index in [1.54, 1.807) is 0 Å². The Balaban J connectivity index is 1.79. The van der Waals surface area contributed by atoms with Crippen LogP contribution in [0.25, 0.3) is 0 Å². The molecule has 2 aromatic heterocycles. The number of aryl methyl sites for hydroxylation is 2. The fourth-order valence-electron chi connectivity index (χ4n) is 1.81. The number of hydrogen-bond acceptors (Lipinski definition) is 7. The summed E-state index contributed by atoms with van der Waals surface area (Å²) >= 11 is 5.71. The van der Waals surface area contributed by atoms with Crippen LogP contribution in [0.15, 0.2) is 34.1 Å². The molecule has 0 spiro atoms. The smallest absolute Gasteiger partial charge is 0.173 e. The third-order valence-corrected chi connectivity index (χ3v) is 3.18. The van der Waals surface area contributed by atoms with Crippen molar-refractivity contribution in [3.63, 3.8) is 0 Å². The van der Waals surface area contributed by atoms with E-state index in [1.807, 2.05) is 0 Å². The van der Waals surface area contributed by atoms with Gasteiger partial charge < -0.3 is 5.73 Å². The molecule has 0 amide bonds. The van der Waals surface area contributed by atoms with E-state index in [4.69, 9.17) is 22.0 Å². The summed E-state index contributed by atoms with van der Waals surface area (Å²) in [5.74, 6) is -0.455. The van der Waals surface area contributed by atoms with Gasteiger partial charge in [0.2, 0.25) is 0 Å². The first kappa shape index (κ1) is 15.0. The van der Waals surface area contributed by atoms with E-state index in [1.165, 1.54) is 29.3 Å². The Kier molecular flexibility index (Phi) is 4.24. The molecule has 0 aliphatic carbocycles. The van der Waals surface area contributed by atoms with Crippen LogP contribution in [0.4, 0.5) is 10.1 Å². The van der Waals surface area contributed by atoms with Crippen molar-refractivity contribution >= 4 is 23.1 Å². The Labute approximate surface area is 133 Å². The number of amidine groups is 1. The quantitative estimate of drug-likeness (QED) is 0.547. The number of hydrogen-bond donors (Lipinski definition) is 1. The lowest BCUT2D eigenvalue weighted by molar-refractivity contribution is 0.301. The van der Waals surface area contributed by atoms with Crippen molar-refractivity contribution in [2.45, 2.75) is 13.0 Å². The molecule has 2 heterocycles. The summed E-state index contributed by atoms with van der Waals surface area (Å²) < 4.78 is 17.8. The van der Waals surface area contributed by atoms with Gasteiger partial charge in [-0.1, -0.05) is 16.8 Å². The topological polar surface area (TPSA) is 121 Å². The van der Waals surface area contributed by atoms with Gasteiger partial charge in [0.05, 0.1) is 17.3 Å². The van der Waals surface area contributed by atoms with E-state index in [9.17, 15) is 4.39 Å². The van der Waals surface area contributed by atoms with Crippen LogP contribution in [0.5, 0.6) is 0 Å². The summed E-state index contributed by atoms with van der Waals surface area (Å²) in [6, 6.07) is 4.00. The Morgan fingerprint density at radius 1 is 1.39 bits per heavy atom. The van der Waals surface area contributed by atoms with E-state index in [-0.39, 0.29) is 10.9 Å². The van der Waals surface area contributed by atoms with Gasteiger partial charge in [-0.25, -0.2) is 14.0 Å². The highest BCUT2D eigenvalue weighted by Gasteiger charge is 2.14. The highest BCUT2D eigenvalue weighted by atomic mass is 35.5. The molecule has 0 saturated carbocycles. The summed E-state index contributed by atoms with van der Waals surface area (Å²) in [6.45, 7) is 0.427. The third-order valence-electron chi connectivity index (χ3n) is 2.89. The van der Waals surface area contributed by atoms with Crippen molar-refractivity contribution in [2.75, 3.05) is 0 Å². The number of aromatic nitrogens is 6. The van der Waals surface area contributed by atoms with Gasteiger partial charge in [-0.05, 0) is 28.6 Å². The zero-order valence-corrected chi connectivity index (χ0v) is 12.4. The average molecular weight is 337 g/mol. The number of tetrazole rings is 1.